The predicted octanol–water partition coefficient (Wildman–Crippen LogP) is 2.53. The zero-order valence-corrected chi connectivity index (χ0v) is 20.7. The van der Waals surface area contributed by atoms with E-state index in [0.29, 0.717) is 17.9 Å². The summed E-state index contributed by atoms with van der Waals surface area (Å²) in [5.41, 5.74) is 4.74. The summed E-state index contributed by atoms with van der Waals surface area (Å²) in [6.45, 7) is 8.07. The molecule has 9 nitrogen and oxygen atoms in total. The molecule has 35 heavy (non-hydrogen) atoms. The summed E-state index contributed by atoms with van der Waals surface area (Å²) in [5.74, 6) is 1.47. The van der Waals surface area contributed by atoms with E-state index in [0.717, 1.165) is 59.5 Å². The van der Waals surface area contributed by atoms with Crippen LogP contribution in [0.1, 0.15) is 34.1 Å². The van der Waals surface area contributed by atoms with E-state index < -0.39 is 0 Å². The topological polar surface area (TPSA) is 92.2 Å². The van der Waals surface area contributed by atoms with Crippen LogP contribution in [0.3, 0.4) is 0 Å². The maximum absolute atomic E-state index is 13.5. The number of hydrogen-bond donors (Lipinski definition) is 1. The molecule has 1 atom stereocenters. The SMILES string of the molecule is COc1ccc(Cn2nnnc2[C@H](c2cc3ccc(C)c(C)c3[nH]c2=O)N2CCN(C)CC2)cc1. The maximum atomic E-state index is 13.5. The van der Waals surface area contributed by atoms with Crippen LogP contribution in [-0.2, 0) is 6.54 Å². The molecule has 0 saturated carbocycles. The molecule has 0 radical (unpaired) electrons. The molecule has 1 saturated heterocycles. The zero-order chi connectivity index (χ0) is 24.5. The standard InChI is InChI=1S/C26H31N7O2/c1-17-5-8-20-15-22(26(34)27-23(20)18(17)2)24(32-13-11-31(3)12-14-32)25-28-29-30-33(25)16-19-6-9-21(35-4)10-7-19/h5-10,15,24H,11-14,16H2,1-4H3,(H,27,34)/t24-/m0/s1. The van der Waals surface area contributed by atoms with E-state index in [9.17, 15) is 4.79 Å². The van der Waals surface area contributed by atoms with Crippen molar-refractivity contribution in [2.24, 2.45) is 0 Å². The highest BCUT2D eigenvalue weighted by molar-refractivity contribution is 5.83. The van der Waals surface area contributed by atoms with E-state index in [-0.39, 0.29) is 11.6 Å². The summed E-state index contributed by atoms with van der Waals surface area (Å²) < 4.78 is 7.08. The van der Waals surface area contributed by atoms with Gasteiger partial charge < -0.3 is 14.6 Å². The minimum absolute atomic E-state index is 0.103. The third-order valence-electron chi connectivity index (χ3n) is 7.07. The van der Waals surface area contributed by atoms with Crippen LogP contribution in [0.15, 0.2) is 47.3 Å². The van der Waals surface area contributed by atoms with E-state index in [1.807, 2.05) is 37.3 Å². The minimum atomic E-state index is -0.355. The van der Waals surface area contributed by atoms with Crippen LogP contribution in [-0.4, -0.2) is 75.3 Å². The van der Waals surface area contributed by atoms with Crippen LogP contribution in [0.4, 0.5) is 0 Å². The fraction of sp³-hybridized carbons (Fsp3) is 0.385. The molecule has 9 heteroatoms. The third kappa shape index (κ3) is 4.56. The molecule has 0 amide bonds. The Morgan fingerprint density at radius 2 is 1.80 bits per heavy atom. The van der Waals surface area contributed by atoms with Gasteiger partial charge in [-0.1, -0.05) is 24.3 Å². The van der Waals surface area contributed by atoms with Gasteiger partial charge in [0.1, 0.15) is 11.8 Å². The molecule has 2 aromatic carbocycles. The fourth-order valence-corrected chi connectivity index (χ4v) is 4.75. The highest BCUT2D eigenvalue weighted by atomic mass is 16.5. The summed E-state index contributed by atoms with van der Waals surface area (Å²) in [6, 6.07) is 13.7. The third-order valence-corrected chi connectivity index (χ3v) is 7.07. The van der Waals surface area contributed by atoms with Crippen molar-refractivity contribution < 1.29 is 4.74 Å². The first kappa shape index (κ1) is 23.2. The van der Waals surface area contributed by atoms with Crippen LogP contribution < -0.4 is 10.3 Å². The van der Waals surface area contributed by atoms with Gasteiger partial charge in [0.05, 0.1) is 19.2 Å². The molecule has 1 N–H and O–H groups in total. The molecule has 182 valence electrons. The van der Waals surface area contributed by atoms with Crippen LogP contribution in [0.2, 0.25) is 0 Å². The van der Waals surface area contributed by atoms with Crippen LogP contribution >= 0.6 is 0 Å². The minimum Gasteiger partial charge on any atom is -0.497 e. The number of methoxy groups -OCH3 is 1. The van der Waals surface area contributed by atoms with Crippen molar-refractivity contribution in [3.8, 4) is 5.75 Å². The number of nitrogens with zero attached hydrogens (tertiary/aromatic N) is 6. The number of fused-ring (bicyclic) bond motifs is 1. The lowest BCUT2D eigenvalue weighted by Crippen LogP contribution is -2.47. The molecule has 0 bridgehead atoms. The summed E-state index contributed by atoms with van der Waals surface area (Å²) in [5, 5.41) is 13.8. The van der Waals surface area contributed by atoms with E-state index in [4.69, 9.17) is 4.74 Å². The Kier molecular flexibility index (Phi) is 6.36. The van der Waals surface area contributed by atoms with Gasteiger partial charge in [0.15, 0.2) is 5.82 Å². The largest absolute Gasteiger partial charge is 0.497 e. The Bertz CT molecular complexity index is 1390. The Hall–Kier alpha value is -3.56. The number of H-pyrrole nitrogens is 1. The molecule has 0 spiro atoms. The van der Waals surface area contributed by atoms with E-state index in [2.05, 4.69) is 56.4 Å². The predicted molar refractivity (Wildman–Crippen MR) is 135 cm³/mol. The van der Waals surface area contributed by atoms with Crippen molar-refractivity contribution in [2.75, 3.05) is 40.3 Å². The number of likely N-dealkylation sites (N-methyl/N-ethyl adjacent to an activating group) is 1. The van der Waals surface area contributed by atoms with Gasteiger partial charge >= 0.3 is 0 Å². The first-order valence-corrected chi connectivity index (χ1v) is 11.9. The molecule has 2 aromatic heterocycles. The maximum Gasteiger partial charge on any atom is 0.253 e. The van der Waals surface area contributed by atoms with E-state index in [1.54, 1.807) is 11.8 Å². The lowest BCUT2D eigenvalue weighted by atomic mass is 9.99. The molecule has 5 rings (SSSR count). The van der Waals surface area contributed by atoms with E-state index >= 15 is 0 Å². The van der Waals surface area contributed by atoms with Gasteiger partial charge in [-0.25, -0.2) is 4.68 Å². The number of hydrogen-bond acceptors (Lipinski definition) is 7. The van der Waals surface area contributed by atoms with Gasteiger partial charge in [-0.3, -0.25) is 9.69 Å². The van der Waals surface area contributed by atoms with Crippen molar-refractivity contribution in [3.63, 3.8) is 0 Å². The second-order valence-corrected chi connectivity index (χ2v) is 9.31. The fourth-order valence-electron chi connectivity index (χ4n) is 4.75. The first-order chi connectivity index (χ1) is 16.9. The summed E-state index contributed by atoms with van der Waals surface area (Å²) >= 11 is 0. The van der Waals surface area contributed by atoms with Crippen LogP contribution in [0.5, 0.6) is 5.75 Å². The number of pyridine rings is 1. The number of piperazine rings is 1. The van der Waals surface area contributed by atoms with Crippen molar-refractivity contribution in [3.05, 3.63) is 80.9 Å². The Balaban J connectivity index is 1.59. The van der Waals surface area contributed by atoms with Gasteiger partial charge in [0, 0.05) is 31.7 Å². The molecule has 1 fully saturated rings. The summed E-state index contributed by atoms with van der Waals surface area (Å²) in [6.07, 6.45) is 0. The van der Waals surface area contributed by atoms with Gasteiger partial charge in [-0.2, -0.15) is 0 Å². The number of benzene rings is 2. The van der Waals surface area contributed by atoms with E-state index in [1.165, 1.54) is 0 Å². The molecular formula is C26H31N7O2. The number of nitrogens with one attached hydrogen (secondary N) is 1. The average Bonchev–Trinajstić information content (AvgIpc) is 3.31. The highest BCUT2D eigenvalue weighted by Gasteiger charge is 2.32. The van der Waals surface area contributed by atoms with Crippen molar-refractivity contribution in [1.29, 1.82) is 0 Å². The molecule has 0 aliphatic carbocycles. The summed E-state index contributed by atoms with van der Waals surface area (Å²) in [4.78, 5) is 21.3. The molecule has 3 heterocycles. The number of aryl methyl sites for hydroxylation is 2. The average molecular weight is 474 g/mol. The number of tetrazole rings is 1. The molecule has 4 aromatic rings. The highest BCUT2D eigenvalue weighted by Crippen LogP contribution is 2.29. The van der Waals surface area contributed by atoms with Gasteiger partial charge in [-0.15, -0.1) is 5.10 Å². The Morgan fingerprint density at radius 1 is 1.06 bits per heavy atom. The monoisotopic (exact) mass is 473 g/mol. The lowest BCUT2D eigenvalue weighted by molar-refractivity contribution is 0.121. The van der Waals surface area contributed by atoms with Gasteiger partial charge in [0.25, 0.3) is 5.56 Å². The number of rotatable bonds is 6. The quantitative estimate of drug-likeness (QED) is 0.460. The van der Waals surface area contributed by atoms with Crippen molar-refractivity contribution in [2.45, 2.75) is 26.4 Å². The lowest BCUT2D eigenvalue weighted by Gasteiger charge is -2.37. The van der Waals surface area contributed by atoms with Crippen LogP contribution in [0, 0.1) is 13.8 Å². The smallest absolute Gasteiger partial charge is 0.253 e. The van der Waals surface area contributed by atoms with Crippen LogP contribution in [0.25, 0.3) is 10.9 Å². The zero-order valence-electron chi connectivity index (χ0n) is 20.7. The number of aromatic nitrogens is 5. The van der Waals surface area contributed by atoms with Gasteiger partial charge in [-0.05, 0) is 71.6 Å². The summed E-state index contributed by atoms with van der Waals surface area (Å²) in [7, 11) is 3.77. The Morgan fingerprint density at radius 3 is 2.51 bits per heavy atom. The molecule has 0 unspecified atom stereocenters. The van der Waals surface area contributed by atoms with Crippen molar-refractivity contribution >= 4 is 10.9 Å². The molecular weight excluding hydrogens is 442 g/mol. The number of aromatic amines is 1. The molecule has 1 aliphatic rings. The molecule has 1 aliphatic heterocycles. The van der Waals surface area contributed by atoms with Crippen molar-refractivity contribution in [1.82, 2.24) is 35.0 Å². The normalized spacial score (nSPS) is 16.0. The first-order valence-electron chi connectivity index (χ1n) is 11.9. The second kappa shape index (κ2) is 9.59. The second-order valence-electron chi connectivity index (χ2n) is 9.31. The van der Waals surface area contributed by atoms with Gasteiger partial charge in [0.2, 0.25) is 0 Å². The number of ether oxygens (including phenoxy) is 1. The Labute approximate surface area is 204 Å².